The Bertz CT molecular complexity index is 1640. The Kier molecular flexibility index (Phi) is 4.72. The Morgan fingerprint density at radius 1 is 0.686 bits per heavy atom. The molecule has 0 bridgehead atoms. The van der Waals surface area contributed by atoms with E-state index in [-0.39, 0.29) is 5.78 Å². The minimum Gasteiger partial charge on any atom is -0.365 e. The van der Waals surface area contributed by atoms with Gasteiger partial charge in [0.2, 0.25) is 0 Å². The SMILES string of the molecule is Cc1ccc(-c2[nH]c3ccccc3c2C2(c3ccc(C)cc3C)Nc3ccccc3C2=O)c(C)c1. The van der Waals surface area contributed by atoms with E-state index >= 15 is 0 Å². The minimum atomic E-state index is -1.05. The lowest BCUT2D eigenvalue weighted by atomic mass is 9.75. The van der Waals surface area contributed by atoms with Crippen molar-refractivity contribution >= 4 is 22.4 Å². The topological polar surface area (TPSA) is 44.9 Å². The molecule has 1 unspecified atom stereocenters. The van der Waals surface area contributed by atoms with Crippen molar-refractivity contribution < 1.29 is 4.79 Å². The molecule has 3 heteroatoms. The van der Waals surface area contributed by atoms with Gasteiger partial charge >= 0.3 is 0 Å². The molecule has 0 saturated carbocycles. The van der Waals surface area contributed by atoms with E-state index in [1.807, 2.05) is 36.4 Å². The third kappa shape index (κ3) is 3.08. The van der Waals surface area contributed by atoms with Gasteiger partial charge in [0.05, 0.1) is 5.69 Å². The molecular formula is C32H28N2O. The smallest absolute Gasteiger partial charge is 0.199 e. The van der Waals surface area contributed by atoms with Gasteiger partial charge in [0.1, 0.15) is 0 Å². The van der Waals surface area contributed by atoms with Crippen LogP contribution in [0, 0.1) is 27.7 Å². The third-order valence-corrected chi connectivity index (χ3v) is 7.35. The number of Topliss-reactive ketones (excluding diaryl/α,β-unsaturated/α-hetero) is 1. The molecule has 2 N–H and O–H groups in total. The second-order valence-electron chi connectivity index (χ2n) is 9.81. The fourth-order valence-corrected chi connectivity index (χ4v) is 5.81. The summed E-state index contributed by atoms with van der Waals surface area (Å²) in [6.07, 6.45) is 0. The number of aromatic amines is 1. The van der Waals surface area contributed by atoms with E-state index < -0.39 is 5.54 Å². The molecule has 5 aromatic rings. The summed E-state index contributed by atoms with van der Waals surface area (Å²) >= 11 is 0. The number of hydrogen-bond donors (Lipinski definition) is 2. The summed E-state index contributed by atoms with van der Waals surface area (Å²) in [7, 11) is 0. The molecule has 3 nitrogen and oxygen atoms in total. The highest BCUT2D eigenvalue weighted by Gasteiger charge is 2.51. The molecule has 6 rings (SSSR count). The van der Waals surface area contributed by atoms with Crippen LogP contribution in [0.1, 0.15) is 43.7 Å². The van der Waals surface area contributed by atoms with Gasteiger partial charge in [0, 0.05) is 33.3 Å². The molecule has 2 heterocycles. The van der Waals surface area contributed by atoms with Crippen molar-refractivity contribution in [3.8, 4) is 11.3 Å². The number of nitrogens with one attached hydrogen (secondary N) is 2. The van der Waals surface area contributed by atoms with Gasteiger partial charge in [-0.2, -0.15) is 0 Å². The number of aromatic nitrogens is 1. The number of ketones is 1. The summed E-state index contributed by atoms with van der Waals surface area (Å²) in [6, 6.07) is 29.1. The van der Waals surface area contributed by atoms with E-state index in [1.165, 1.54) is 16.7 Å². The molecule has 1 aliphatic rings. The number of aryl methyl sites for hydroxylation is 4. The molecule has 0 radical (unpaired) electrons. The Morgan fingerprint density at radius 2 is 1.37 bits per heavy atom. The standard InChI is InChI=1S/C32H28N2O/c1-19-13-15-23(21(3)17-19)30-29(24-9-5-7-11-27(24)33-30)32(26-16-14-20(2)18-22(26)4)31(35)25-10-6-8-12-28(25)34-32/h5-18,33-34H,1-4H3. The van der Waals surface area contributed by atoms with Crippen molar-refractivity contribution in [3.05, 3.63) is 124 Å². The van der Waals surface area contributed by atoms with E-state index in [1.54, 1.807) is 0 Å². The summed E-state index contributed by atoms with van der Waals surface area (Å²) in [5.74, 6) is 0.0795. The molecule has 0 saturated heterocycles. The highest BCUT2D eigenvalue weighted by Crippen LogP contribution is 2.50. The zero-order chi connectivity index (χ0) is 24.3. The van der Waals surface area contributed by atoms with Gasteiger partial charge in [-0.15, -0.1) is 0 Å². The maximum absolute atomic E-state index is 14.5. The van der Waals surface area contributed by atoms with Crippen molar-refractivity contribution in [2.24, 2.45) is 0 Å². The average Bonchev–Trinajstić information content (AvgIpc) is 3.35. The van der Waals surface area contributed by atoms with Gasteiger partial charge in [0.15, 0.2) is 11.3 Å². The van der Waals surface area contributed by atoms with Gasteiger partial charge < -0.3 is 10.3 Å². The van der Waals surface area contributed by atoms with Gasteiger partial charge in [-0.25, -0.2) is 0 Å². The lowest BCUT2D eigenvalue weighted by Crippen LogP contribution is -2.41. The summed E-state index contributed by atoms with van der Waals surface area (Å²) in [4.78, 5) is 18.2. The number of hydrogen-bond acceptors (Lipinski definition) is 2. The summed E-state index contributed by atoms with van der Waals surface area (Å²) in [6.45, 7) is 8.45. The largest absolute Gasteiger partial charge is 0.365 e. The van der Waals surface area contributed by atoms with Crippen LogP contribution in [0.15, 0.2) is 84.9 Å². The number of carbonyl (C=O) groups excluding carboxylic acids is 1. The second-order valence-corrected chi connectivity index (χ2v) is 9.81. The second kappa shape index (κ2) is 7.71. The van der Waals surface area contributed by atoms with Gasteiger partial charge in [0.25, 0.3) is 0 Å². The first-order valence-electron chi connectivity index (χ1n) is 12.1. The minimum absolute atomic E-state index is 0.0795. The molecule has 172 valence electrons. The maximum atomic E-state index is 14.5. The number of fused-ring (bicyclic) bond motifs is 2. The van der Waals surface area contributed by atoms with Crippen molar-refractivity contribution in [1.29, 1.82) is 0 Å². The molecule has 0 amide bonds. The zero-order valence-electron chi connectivity index (χ0n) is 20.5. The van der Waals surface area contributed by atoms with E-state index in [0.29, 0.717) is 0 Å². The molecule has 0 aliphatic carbocycles. The van der Waals surface area contributed by atoms with Crippen LogP contribution >= 0.6 is 0 Å². The fraction of sp³-hybridized carbons (Fsp3) is 0.156. The first kappa shape index (κ1) is 21.4. The van der Waals surface area contributed by atoms with Gasteiger partial charge in [-0.1, -0.05) is 77.9 Å². The van der Waals surface area contributed by atoms with Crippen LogP contribution in [0.5, 0.6) is 0 Å². The quantitative estimate of drug-likeness (QED) is 0.293. The highest BCUT2D eigenvalue weighted by molar-refractivity contribution is 6.18. The lowest BCUT2D eigenvalue weighted by Gasteiger charge is -2.32. The Hall–Kier alpha value is -4.11. The number of rotatable bonds is 3. The Balaban J connectivity index is 1.77. The Labute approximate surface area is 205 Å². The first-order valence-corrected chi connectivity index (χ1v) is 12.1. The summed E-state index contributed by atoms with van der Waals surface area (Å²) < 4.78 is 0. The zero-order valence-corrected chi connectivity index (χ0v) is 20.5. The number of para-hydroxylation sites is 2. The molecule has 1 aromatic heterocycles. The third-order valence-electron chi connectivity index (χ3n) is 7.35. The van der Waals surface area contributed by atoms with E-state index in [0.717, 1.165) is 50.1 Å². The number of benzene rings is 4. The molecule has 1 aliphatic heterocycles. The molecule has 1 atom stereocenters. The van der Waals surface area contributed by atoms with Crippen LogP contribution in [0.25, 0.3) is 22.2 Å². The van der Waals surface area contributed by atoms with Crippen LogP contribution in [0.2, 0.25) is 0 Å². The van der Waals surface area contributed by atoms with Crippen molar-refractivity contribution in [2.45, 2.75) is 33.2 Å². The van der Waals surface area contributed by atoms with Gasteiger partial charge in [-0.3, -0.25) is 4.79 Å². The van der Waals surface area contributed by atoms with Crippen LogP contribution in [-0.2, 0) is 5.54 Å². The number of anilines is 1. The van der Waals surface area contributed by atoms with Crippen LogP contribution in [0.3, 0.4) is 0 Å². The van der Waals surface area contributed by atoms with E-state index in [9.17, 15) is 4.79 Å². The highest BCUT2D eigenvalue weighted by atomic mass is 16.1. The van der Waals surface area contributed by atoms with Crippen molar-refractivity contribution in [2.75, 3.05) is 5.32 Å². The average molecular weight is 457 g/mol. The molecule has 0 spiro atoms. The van der Waals surface area contributed by atoms with Crippen molar-refractivity contribution in [1.82, 2.24) is 4.98 Å². The fourth-order valence-electron chi connectivity index (χ4n) is 5.81. The van der Waals surface area contributed by atoms with Crippen LogP contribution in [-0.4, -0.2) is 10.8 Å². The molecule has 4 aromatic carbocycles. The molecule has 35 heavy (non-hydrogen) atoms. The van der Waals surface area contributed by atoms with Crippen LogP contribution < -0.4 is 5.32 Å². The molecular weight excluding hydrogens is 428 g/mol. The maximum Gasteiger partial charge on any atom is 0.199 e. The molecule has 0 fully saturated rings. The Morgan fingerprint density at radius 3 is 2.11 bits per heavy atom. The van der Waals surface area contributed by atoms with Crippen LogP contribution in [0.4, 0.5) is 5.69 Å². The predicted octanol–water partition coefficient (Wildman–Crippen LogP) is 7.62. The van der Waals surface area contributed by atoms with E-state index in [4.69, 9.17) is 0 Å². The monoisotopic (exact) mass is 456 g/mol. The summed E-state index contributed by atoms with van der Waals surface area (Å²) in [5.41, 5.74) is 10.3. The predicted molar refractivity (Wildman–Crippen MR) is 144 cm³/mol. The van der Waals surface area contributed by atoms with Crippen molar-refractivity contribution in [3.63, 3.8) is 0 Å². The lowest BCUT2D eigenvalue weighted by molar-refractivity contribution is 0.0941. The van der Waals surface area contributed by atoms with Gasteiger partial charge in [-0.05, 0) is 62.6 Å². The van der Waals surface area contributed by atoms with E-state index in [2.05, 4.69) is 86.5 Å². The first-order chi connectivity index (χ1) is 16.9. The number of H-pyrrole nitrogens is 1. The normalized spacial score (nSPS) is 17.0. The summed E-state index contributed by atoms with van der Waals surface area (Å²) in [5, 5.41) is 4.79. The number of carbonyl (C=O) groups is 1.